The molecule has 1 heterocycles. The average molecular weight is 439 g/mol. The van der Waals surface area contributed by atoms with Gasteiger partial charge in [-0.15, -0.1) is 0 Å². The lowest BCUT2D eigenvalue weighted by molar-refractivity contribution is 0.102. The van der Waals surface area contributed by atoms with E-state index in [1.54, 1.807) is 0 Å². The first-order valence-electron chi connectivity index (χ1n) is 10.0. The van der Waals surface area contributed by atoms with Gasteiger partial charge >= 0.3 is 0 Å². The van der Waals surface area contributed by atoms with Crippen LogP contribution < -0.4 is 5.32 Å². The Morgan fingerprint density at radius 2 is 1.71 bits per heavy atom. The number of amides is 1. The van der Waals surface area contributed by atoms with Crippen LogP contribution in [0.4, 0.5) is 10.1 Å². The third-order valence-electron chi connectivity index (χ3n) is 5.53. The lowest BCUT2D eigenvalue weighted by atomic mass is 10.00. The molecule has 4 rings (SSSR count). The summed E-state index contributed by atoms with van der Waals surface area (Å²) in [5.41, 5.74) is 5.01. The van der Waals surface area contributed by atoms with Gasteiger partial charge < -0.3 is 5.32 Å². The van der Waals surface area contributed by atoms with Gasteiger partial charge in [-0.25, -0.2) is 12.8 Å². The van der Waals surface area contributed by atoms with E-state index in [0.717, 1.165) is 34.4 Å². The summed E-state index contributed by atoms with van der Waals surface area (Å²) in [5.74, 6) is -0.681. The zero-order valence-electron chi connectivity index (χ0n) is 17.4. The third-order valence-corrected chi connectivity index (χ3v) is 7.39. The van der Waals surface area contributed by atoms with Gasteiger partial charge in [0.05, 0.1) is 4.90 Å². The Balaban J connectivity index is 1.56. The Labute approximate surface area is 181 Å². The highest BCUT2D eigenvalue weighted by molar-refractivity contribution is 7.89. The molecule has 0 spiro atoms. The van der Waals surface area contributed by atoms with Gasteiger partial charge in [0, 0.05) is 24.3 Å². The van der Waals surface area contributed by atoms with Crippen LogP contribution >= 0.6 is 0 Å². The number of nitrogens with one attached hydrogen (secondary N) is 1. The predicted molar refractivity (Wildman–Crippen MR) is 118 cm³/mol. The molecule has 31 heavy (non-hydrogen) atoms. The molecule has 0 unspecified atom stereocenters. The van der Waals surface area contributed by atoms with Crippen molar-refractivity contribution < 1.29 is 17.6 Å². The fraction of sp³-hybridized carbons (Fsp3) is 0.208. The van der Waals surface area contributed by atoms with E-state index in [2.05, 4.69) is 5.32 Å². The SMILES string of the molecule is Cc1ccc(C)c(C(=O)Nc2ccc3c(c2)CN(S(=O)(=O)c2ccc(F)cc2)CC3)c1. The number of carbonyl (C=O) groups excluding carboxylic acids is 1. The third kappa shape index (κ3) is 4.38. The standard InChI is InChI=1S/C24H23FN2O3S/c1-16-3-4-17(2)23(13-16)24(28)26-21-8-5-18-11-12-27(15-19(18)14-21)31(29,30)22-9-6-20(25)7-10-22/h3-10,13-14H,11-12,15H2,1-2H3,(H,26,28). The van der Waals surface area contributed by atoms with Crippen molar-refractivity contribution in [3.05, 3.63) is 94.3 Å². The summed E-state index contributed by atoms with van der Waals surface area (Å²) in [4.78, 5) is 12.8. The van der Waals surface area contributed by atoms with Crippen molar-refractivity contribution in [3.8, 4) is 0 Å². The molecule has 0 aromatic heterocycles. The number of halogens is 1. The minimum absolute atomic E-state index is 0.0664. The Morgan fingerprint density at radius 3 is 2.45 bits per heavy atom. The second-order valence-electron chi connectivity index (χ2n) is 7.80. The molecular formula is C24H23FN2O3S. The first-order chi connectivity index (χ1) is 14.7. The number of rotatable bonds is 4. The normalized spacial score (nSPS) is 14.2. The molecule has 1 aliphatic heterocycles. The summed E-state index contributed by atoms with van der Waals surface area (Å²) in [6.07, 6.45) is 0.570. The molecule has 0 fully saturated rings. The monoisotopic (exact) mass is 438 g/mol. The van der Waals surface area contributed by atoms with E-state index < -0.39 is 15.8 Å². The van der Waals surface area contributed by atoms with E-state index in [4.69, 9.17) is 0 Å². The van der Waals surface area contributed by atoms with Gasteiger partial charge in [0.2, 0.25) is 10.0 Å². The maximum Gasteiger partial charge on any atom is 0.255 e. The lowest BCUT2D eigenvalue weighted by Gasteiger charge is -2.28. The van der Waals surface area contributed by atoms with E-state index in [1.165, 1.54) is 16.4 Å². The summed E-state index contributed by atoms with van der Waals surface area (Å²) in [6, 6.07) is 16.2. The Bertz CT molecular complexity index is 1250. The molecule has 3 aromatic rings. The summed E-state index contributed by atoms with van der Waals surface area (Å²) in [6.45, 7) is 4.37. The maximum atomic E-state index is 13.2. The van der Waals surface area contributed by atoms with Gasteiger partial charge in [-0.1, -0.05) is 23.8 Å². The summed E-state index contributed by atoms with van der Waals surface area (Å²) >= 11 is 0. The van der Waals surface area contributed by atoms with Crippen molar-refractivity contribution in [2.75, 3.05) is 11.9 Å². The number of anilines is 1. The van der Waals surface area contributed by atoms with Crippen molar-refractivity contribution in [2.24, 2.45) is 0 Å². The zero-order chi connectivity index (χ0) is 22.2. The van der Waals surface area contributed by atoms with E-state index in [-0.39, 0.29) is 17.3 Å². The minimum atomic E-state index is -3.73. The van der Waals surface area contributed by atoms with Crippen LogP contribution in [0, 0.1) is 19.7 Å². The van der Waals surface area contributed by atoms with Gasteiger partial charge in [0.15, 0.2) is 0 Å². The Hall–Kier alpha value is -3.03. The molecule has 1 N–H and O–H groups in total. The molecule has 0 atom stereocenters. The van der Waals surface area contributed by atoms with Crippen LogP contribution in [0.1, 0.15) is 32.6 Å². The molecule has 7 heteroatoms. The predicted octanol–water partition coefficient (Wildman–Crippen LogP) is 4.44. The quantitative estimate of drug-likeness (QED) is 0.655. The van der Waals surface area contributed by atoms with Crippen LogP contribution in [0.2, 0.25) is 0 Å². The summed E-state index contributed by atoms with van der Waals surface area (Å²) < 4.78 is 40.5. The van der Waals surface area contributed by atoms with Crippen LogP contribution in [0.15, 0.2) is 65.6 Å². The van der Waals surface area contributed by atoms with Crippen LogP contribution in [0.25, 0.3) is 0 Å². The molecule has 0 aliphatic carbocycles. The molecule has 0 bridgehead atoms. The van der Waals surface area contributed by atoms with E-state index in [9.17, 15) is 17.6 Å². The number of hydrogen-bond acceptors (Lipinski definition) is 3. The molecule has 3 aromatic carbocycles. The number of benzene rings is 3. The Morgan fingerprint density at radius 1 is 0.968 bits per heavy atom. The number of nitrogens with zero attached hydrogens (tertiary/aromatic N) is 1. The maximum absolute atomic E-state index is 13.2. The highest BCUT2D eigenvalue weighted by atomic mass is 32.2. The highest BCUT2D eigenvalue weighted by Crippen LogP contribution is 2.27. The fourth-order valence-corrected chi connectivity index (χ4v) is 5.17. The lowest BCUT2D eigenvalue weighted by Crippen LogP contribution is -2.36. The van der Waals surface area contributed by atoms with Crippen molar-refractivity contribution in [2.45, 2.75) is 31.7 Å². The topological polar surface area (TPSA) is 66.5 Å². The molecule has 1 aliphatic rings. The highest BCUT2D eigenvalue weighted by Gasteiger charge is 2.28. The largest absolute Gasteiger partial charge is 0.322 e. The van der Waals surface area contributed by atoms with E-state index >= 15 is 0 Å². The van der Waals surface area contributed by atoms with Gasteiger partial charge in [-0.2, -0.15) is 4.31 Å². The summed E-state index contributed by atoms with van der Waals surface area (Å²) in [5, 5.41) is 2.92. The van der Waals surface area contributed by atoms with Gasteiger partial charge in [-0.3, -0.25) is 4.79 Å². The number of carbonyl (C=O) groups is 1. The van der Waals surface area contributed by atoms with E-state index in [0.29, 0.717) is 24.2 Å². The van der Waals surface area contributed by atoms with Crippen molar-refractivity contribution >= 4 is 21.6 Å². The first-order valence-corrected chi connectivity index (χ1v) is 11.4. The van der Waals surface area contributed by atoms with E-state index in [1.807, 2.05) is 50.2 Å². The molecule has 0 radical (unpaired) electrons. The van der Waals surface area contributed by atoms with Crippen LogP contribution in [-0.2, 0) is 23.0 Å². The number of hydrogen-bond donors (Lipinski definition) is 1. The van der Waals surface area contributed by atoms with Crippen LogP contribution in [-0.4, -0.2) is 25.2 Å². The summed E-state index contributed by atoms with van der Waals surface area (Å²) in [7, 11) is -3.73. The second-order valence-corrected chi connectivity index (χ2v) is 9.74. The minimum Gasteiger partial charge on any atom is -0.322 e. The fourth-order valence-electron chi connectivity index (χ4n) is 3.75. The van der Waals surface area contributed by atoms with Crippen molar-refractivity contribution in [1.82, 2.24) is 4.31 Å². The van der Waals surface area contributed by atoms with Crippen LogP contribution in [0.3, 0.4) is 0 Å². The van der Waals surface area contributed by atoms with Gasteiger partial charge in [-0.05, 0) is 79.4 Å². The zero-order valence-corrected chi connectivity index (χ0v) is 18.2. The molecule has 0 saturated heterocycles. The molecule has 0 saturated carbocycles. The van der Waals surface area contributed by atoms with Crippen molar-refractivity contribution in [3.63, 3.8) is 0 Å². The second kappa shape index (κ2) is 8.24. The molecule has 160 valence electrons. The van der Waals surface area contributed by atoms with Crippen LogP contribution in [0.5, 0.6) is 0 Å². The molecule has 1 amide bonds. The number of sulfonamides is 1. The smallest absolute Gasteiger partial charge is 0.255 e. The molecule has 5 nitrogen and oxygen atoms in total. The van der Waals surface area contributed by atoms with Gasteiger partial charge in [0.25, 0.3) is 5.91 Å². The first kappa shape index (κ1) is 21.2. The Kier molecular flexibility index (Phi) is 5.64. The van der Waals surface area contributed by atoms with Gasteiger partial charge in [0.1, 0.15) is 5.82 Å². The number of fused-ring (bicyclic) bond motifs is 1. The van der Waals surface area contributed by atoms with Crippen molar-refractivity contribution in [1.29, 1.82) is 0 Å². The molecular weight excluding hydrogens is 415 g/mol. The average Bonchev–Trinajstić information content (AvgIpc) is 2.75. The number of aryl methyl sites for hydroxylation is 2.